The quantitative estimate of drug-likeness (QED) is 0.238. The molecule has 0 aliphatic carbocycles. The number of nitrogens with one attached hydrogen (secondary N) is 1. The van der Waals surface area contributed by atoms with Crippen molar-refractivity contribution in [2.24, 2.45) is 0 Å². The van der Waals surface area contributed by atoms with E-state index < -0.39 is 0 Å². The van der Waals surface area contributed by atoms with Gasteiger partial charge in [-0.05, 0) is 47.5 Å². The second-order valence-electron chi connectivity index (χ2n) is 10.8. The third kappa shape index (κ3) is 9.83. The number of hydrogen-bond donors (Lipinski definition) is 1. The Kier molecular flexibility index (Phi) is 12.8. The van der Waals surface area contributed by atoms with Gasteiger partial charge >= 0.3 is 0 Å². The van der Waals surface area contributed by atoms with Crippen LogP contribution in [0.4, 0.5) is 0 Å². The van der Waals surface area contributed by atoms with Crippen molar-refractivity contribution < 1.29 is 19.2 Å². The number of amides is 4. The first kappa shape index (κ1) is 35.9. The van der Waals surface area contributed by atoms with Crippen molar-refractivity contribution >= 4 is 124 Å². The zero-order valence-corrected chi connectivity index (χ0v) is 31.6. The molecular weight excluding hydrogens is 806 g/mol. The van der Waals surface area contributed by atoms with E-state index in [-0.39, 0.29) is 49.6 Å². The van der Waals surface area contributed by atoms with Crippen LogP contribution >= 0.6 is 79.8 Å². The van der Waals surface area contributed by atoms with Gasteiger partial charge in [-0.2, -0.15) is 0 Å². The van der Waals surface area contributed by atoms with Crippen LogP contribution in [0.3, 0.4) is 0 Å². The molecule has 3 saturated heterocycles. The van der Waals surface area contributed by atoms with Gasteiger partial charge in [-0.3, -0.25) is 33.9 Å². The van der Waals surface area contributed by atoms with Crippen LogP contribution < -0.4 is 5.32 Å². The predicted octanol–water partition coefficient (Wildman–Crippen LogP) is 5.35. The van der Waals surface area contributed by atoms with Crippen LogP contribution in [0.1, 0.15) is 24.0 Å². The van der Waals surface area contributed by atoms with Crippen molar-refractivity contribution in [1.82, 2.24) is 24.9 Å². The summed E-state index contributed by atoms with van der Waals surface area (Å²) in [7, 11) is 0. The van der Waals surface area contributed by atoms with Crippen molar-refractivity contribution in [2.45, 2.75) is 12.8 Å². The van der Waals surface area contributed by atoms with Gasteiger partial charge in [0.05, 0.1) is 9.81 Å². The van der Waals surface area contributed by atoms with Gasteiger partial charge in [-0.25, -0.2) is 0 Å². The molecule has 0 unspecified atom stereocenters. The molecule has 0 aromatic heterocycles. The lowest BCUT2D eigenvalue weighted by molar-refractivity contribution is -0.133. The number of hydrogen-bond acceptors (Lipinski definition) is 9. The molecular formula is C32H31Br2N5O4S4. The molecule has 3 aliphatic rings. The van der Waals surface area contributed by atoms with E-state index in [1.807, 2.05) is 59.5 Å². The van der Waals surface area contributed by atoms with Gasteiger partial charge < -0.3 is 10.2 Å². The summed E-state index contributed by atoms with van der Waals surface area (Å²) in [6.07, 6.45) is 3.98. The predicted molar refractivity (Wildman–Crippen MR) is 203 cm³/mol. The van der Waals surface area contributed by atoms with Crippen LogP contribution in [0.2, 0.25) is 0 Å². The van der Waals surface area contributed by atoms with E-state index in [0.29, 0.717) is 57.7 Å². The summed E-state index contributed by atoms with van der Waals surface area (Å²) >= 11 is 20.2. The lowest BCUT2D eigenvalue weighted by Gasteiger charge is -2.35. The third-order valence-corrected chi connectivity index (χ3v) is 11.4. The molecule has 0 radical (unpaired) electrons. The second kappa shape index (κ2) is 16.8. The molecule has 0 spiro atoms. The Hall–Kier alpha value is -2.40. The summed E-state index contributed by atoms with van der Waals surface area (Å²) in [5.74, 6) is -0.519. The molecule has 15 heteroatoms. The Bertz CT molecular complexity index is 1660. The van der Waals surface area contributed by atoms with Gasteiger partial charge in [0.2, 0.25) is 11.8 Å². The number of rotatable bonds is 11. The molecule has 4 amide bonds. The molecule has 0 atom stereocenters. The number of carbonyl (C=O) groups is 4. The first-order valence-electron chi connectivity index (χ1n) is 14.9. The van der Waals surface area contributed by atoms with Crippen LogP contribution in [0, 0.1) is 0 Å². The number of thioether (sulfide) groups is 2. The molecule has 2 aromatic carbocycles. The summed E-state index contributed by atoms with van der Waals surface area (Å²) in [5, 5.41) is 2.93. The molecule has 0 bridgehead atoms. The monoisotopic (exact) mass is 835 g/mol. The molecule has 0 saturated carbocycles. The maximum atomic E-state index is 13.0. The van der Waals surface area contributed by atoms with Gasteiger partial charge in [-0.1, -0.05) is 104 Å². The van der Waals surface area contributed by atoms with Gasteiger partial charge in [0.15, 0.2) is 0 Å². The van der Waals surface area contributed by atoms with E-state index in [0.717, 1.165) is 20.1 Å². The Labute approximate surface area is 309 Å². The van der Waals surface area contributed by atoms with Gasteiger partial charge in [-0.15, -0.1) is 0 Å². The van der Waals surface area contributed by atoms with Crippen molar-refractivity contribution in [3.05, 3.63) is 78.4 Å². The first-order chi connectivity index (χ1) is 22.6. The van der Waals surface area contributed by atoms with E-state index in [2.05, 4.69) is 42.1 Å². The van der Waals surface area contributed by atoms with Crippen LogP contribution in [0.15, 0.2) is 67.3 Å². The molecule has 5 rings (SSSR count). The minimum atomic E-state index is -0.188. The summed E-state index contributed by atoms with van der Waals surface area (Å²) in [4.78, 5) is 59.4. The van der Waals surface area contributed by atoms with Crippen molar-refractivity contribution in [1.29, 1.82) is 0 Å². The SMILES string of the molecule is O=C(CCN1C(=O)C(=Cc2cccc(Br)c2)SC1=S)NCCN1CCN(C(=O)CCN2C(=O)C(=Cc3cccc(Br)c3)SC2=S)CC1. The van der Waals surface area contributed by atoms with Crippen molar-refractivity contribution in [2.75, 3.05) is 52.4 Å². The third-order valence-electron chi connectivity index (χ3n) is 7.63. The van der Waals surface area contributed by atoms with Gasteiger partial charge in [0, 0.05) is 74.1 Å². The number of thiocarbonyl (C=S) groups is 2. The second-order valence-corrected chi connectivity index (χ2v) is 16.0. The highest BCUT2D eigenvalue weighted by Crippen LogP contribution is 2.34. The van der Waals surface area contributed by atoms with Gasteiger partial charge in [0.1, 0.15) is 8.64 Å². The molecule has 47 heavy (non-hydrogen) atoms. The average Bonchev–Trinajstić information content (AvgIpc) is 3.46. The molecule has 3 heterocycles. The zero-order chi connectivity index (χ0) is 33.5. The number of halogens is 2. The number of piperazine rings is 1. The van der Waals surface area contributed by atoms with E-state index in [4.69, 9.17) is 24.4 Å². The van der Waals surface area contributed by atoms with Crippen LogP contribution in [-0.4, -0.2) is 104 Å². The molecule has 1 N–H and O–H groups in total. The highest BCUT2D eigenvalue weighted by atomic mass is 79.9. The average molecular weight is 838 g/mol. The standard InChI is InChI=1S/C32H31Br2N5O4S4/c33-23-5-1-3-21(17-23)19-25-29(42)38(31(44)46-25)10-7-27(40)35-9-12-36-13-15-37(16-14-36)28(41)8-11-39-30(43)26(47-32(39)45)20-22-4-2-6-24(34)18-22/h1-6,17-20H,7-16H2,(H,35,40). The Morgan fingerprint density at radius 1 is 0.766 bits per heavy atom. The fraction of sp³-hybridized carbons (Fsp3) is 0.312. The molecule has 9 nitrogen and oxygen atoms in total. The Balaban J connectivity index is 0.979. The maximum Gasteiger partial charge on any atom is 0.266 e. The lowest BCUT2D eigenvalue weighted by atomic mass is 10.2. The van der Waals surface area contributed by atoms with E-state index in [1.54, 1.807) is 6.08 Å². The molecule has 3 aliphatic heterocycles. The fourth-order valence-corrected chi connectivity index (χ4v) is 8.57. The van der Waals surface area contributed by atoms with Crippen molar-refractivity contribution in [3.8, 4) is 0 Å². The Morgan fingerprint density at radius 3 is 1.79 bits per heavy atom. The molecule has 2 aromatic rings. The van der Waals surface area contributed by atoms with Crippen LogP contribution in [0.5, 0.6) is 0 Å². The zero-order valence-electron chi connectivity index (χ0n) is 25.2. The summed E-state index contributed by atoms with van der Waals surface area (Å²) < 4.78 is 2.76. The summed E-state index contributed by atoms with van der Waals surface area (Å²) in [5.41, 5.74) is 1.79. The minimum Gasteiger partial charge on any atom is -0.355 e. The van der Waals surface area contributed by atoms with Crippen LogP contribution in [0.25, 0.3) is 12.2 Å². The largest absolute Gasteiger partial charge is 0.355 e. The normalized spacial score (nSPS) is 19.1. The lowest BCUT2D eigenvalue weighted by Crippen LogP contribution is -2.50. The van der Waals surface area contributed by atoms with Crippen LogP contribution in [-0.2, 0) is 19.2 Å². The summed E-state index contributed by atoms with van der Waals surface area (Å²) in [6, 6.07) is 15.3. The molecule has 3 fully saturated rings. The highest BCUT2D eigenvalue weighted by molar-refractivity contribution is 9.10. The van der Waals surface area contributed by atoms with Gasteiger partial charge in [0.25, 0.3) is 11.8 Å². The van der Waals surface area contributed by atoms with Crippen molar-refractivity contribution in [3.63, 3.8) is 0 Å². The Morgan fingerprint density at radius 2 is 1.28 bits per heavy atom. The maximum absolute atomic E-state index is 13.0. The first-order valence-corrected chi connectivity index (χ1v) is 18.9. The summed E-state index contributed by atoms with van der Waals surface area (Å²) in [6.45, 7) is 4.15. The number of carbonyl (C=O) groups excluding carboxylic acids is 4. The fourth-order valence-electron chi connectivity index (χ4n) is 5.12. The van der Waals surface area contributed by atoms with E-state index >= 15 is 0 Å². The van der Waals surface area contributed by atoms with E-state index in [1.165, 1.54) is 33.3 Å². The topological polar surface area (TPSA) is 93.3 Å². The smallest absolute Gasteiger partial charge is 0.266 e. The highest BCUT2D eigenvalue weighted by Gasteiger charge is 2.33. The number of nitrogens with zero attached hydrogens (tertiary/aromatic N) is 4. The number of benzene rings is 2. The minimum absolute atomic E-state index is 0.00912. The van der Waals surface area contributed by atoms with E-state index in [9.17, 15) is 19.2 Å². The molecule has 246 valence electrons.